The number of halogens is 2. The van der Waals surface area contributed by atoms with E-state index in [0.717, 1.165) is 0 Å². The molecule has 0 atom stereocenters. The Labute approximate surface area is 157 Å². The largest absolute Gasteiger partial charge is 0.337 e. The molecule has 1 N–H and O–H groups in total. The fourth-order valence-corrected chi connectivity index (χ4v) is 3.46. The van der Waals surface area contributed by atoms with Gasteiger partial charge >= 0.3 is 0 Å². The Morgan fingerprint density at radius 3 is 2.50 bits per heavy atom. The molecular weight excluding hydrogens is 379 g/mol. The molecule has 0 spiro atoms. The van der Waals surface area contributed by atoms with E-state index in [0.29, 0.717) is 0 Å². The number of nitrogens with zero attached hydrogens (tertiary/aromatic N) is 1. The van der Waals surface area contributed by atoms with Gasteiger partial charge in [-0.15, -0.1) is 6.58 Å². The molecule has 0 saturated carbocycles. The molecule has 0 aromatic heterocycles. The van der Waals surface area contributed by atoms with E-state index in [2.05, 4.69) is 11.3 Å². The molecule has 0 unspecified atom stereocenters. The molecule has 0 heterocycles. The second kappa shape index (κ2) is 8.44. The van der Waals surface area contributed by atoms with Crippen molar-refractivity contribution in [2.75, 3.05) is 13.6 Å². The molecule has 1 amide bonds. The van der Waals surface area contributed by atoms with Crippen molar-refractivity contribution in [2.45, 2.75) is 11.4 Å². The number of rotatable bonds is 7. The molecule has 2 rings (SSSR count). The van der Waals surface area contributed by atoms with Crippen LogP contribution in [0.1, 0.15) is 15.9 Å². The summed E-state index contributed by atoms with van der Waals surface area (Å²) < 4.78 is 40.2. The summed E-state index contributed by atoms with van der Waals surface area (Å²) in [6.07, 6.45) is 1.43. The molecule has 8 heteroatoms. The van der Waals surface area contributed by atoms with Crippen LogP contribution in [-0.2, 0) is 16.6 Å². The number of hydrogen-bond acceptors (Lipinski definition) is 3. The summed E-state index contributed by atoms with van der Waals surface area (Å²) in [4.78, 5) is 13.8. The highest BCUT2D eigenvalue weighted by atomic mass is 35.5. The number of sulfonamides is 1. The van der Waals surface area contributed by atoms with Gasteiger partial charge in [-0.05, 0) is 36.4 Å². The van der Waals surface area contributed by atoms with Crippen molar-refractivity contribution in [3.8, 4) is 0 Å². The lowest BCUT2D eigenvalue weighted by Crippen LogP contribution is -2.27. The van der Waals surface area contributed by atoms with E-state index in [1.807, 2.05) is 0 Å². The average molecular weight is 397 g/mol. The van der Waals surface area contributed by atoms with Gasteiger partial charge in [-0.3, -0.25) is 4.79 Å². The maximum absolute atomic E-state index is 13.9. The van der Waals surface area contributed by atoms with Gasteiger partial charge in [0.15, 0.2) is 0 Å². The first-order chi connectivity index (χ1) is 12.3. The van der Waals surface area contributed by atoms with Crippen molar-refractivity contribution in [3.63, 3.8) is 0 Å². The third-order valence-corrected chi connectivity index (χ3v) is 5.43. The number of nitrogens with one attached hydrogen (secondary N) is 1. The molecule has 2 aromatic carbocycles. The van der Waals surface area contributed by atoms with Crippen molar-refractivity contribution in [1.29, 1.82) is 0 Å². The molecular formula is C18H18ClFN2O3S. The van der Waals surface area contributed by atoms with Crippen LogP contribution in [0.4, 0.5) is 4.39 Å². The zero-order valence-electron chi connectivity index (χ0n) is 14.1. The first kappa shape index (κ1) is 20.1. The van der Waals surface area contributed by atoms with Gasteiger partial charge in [-0.2, -0.15) is 0 Å². The Balaban J connectivity index is 2.15. The topological polar surface area (TPSA) is 66.5 Å². The second-order valence-electron chi connectivity index (χ2n) is 5.53. The van der Waals surface area contributed by atoms with Gasteiger partial charge < -0.3 is 4.90 Å². The van der Waals surface area contributed by atoms with Crippen LogP contribution in [0.25, 0.3) is 0 Å². The number of carbonyl (C=O) groups excluding carboxylic acids is 1. The highest BCUT2D eigenvalue weighted by Gasteiger charge is 2.18. The minimum atomic E-state index is -3.66. The van der Waals surface area contributed by atoms with Crippen molar-refractivity contribution in [3.05, 3.63) is 77.1 Å². The second-order valence-corrected chi connectivity index (χ2v) is 7.70. The summed E-state index contributed by atoms with van der Waals surface area (Å²) >= 11 is 5.98. The van der Waals surface area contributed by atoms with Crippen LogP contribution in [0.3, 0.4) is 0 Å². The highest BCUT2D eigenvalue weighted by Crippen LogP contribution is 2.21. The normalized spacial score (nSPS) is 11.2. The van der Waals surface area contributed by atoms with E-state index in [1.54, 1.807) is 6.07 Å². The number of benzene rings is 2. The summed E-state index contributed by atoms with van der Waals surface area (Å²) in [6.45, 7) is 3.55. The molecule has 2 aromatic rings. The van der Waals surface area contributed by atoms with Crippen molar-refractivity contribution in [1.82, 2.24) is 9.62 Å². The average Bonchev–Trinajstić information content (AvgIpc) is 2.62. The first-order valence-corrected chi connectivity index (χ1v) is 9.51. The van der Waals surface area contributed by atoms with Gasteiger partial charge in [0.2, 0.25) is 10.0 Å². The van der Waals surface area contributed by atoms with Gasteiger partial charge in [0.05, 0.1) is 4.90 Å². The van der Waals surface area contributed by atoms with Gasteiger partial charge in [0.25, 0.3) is 5.91 Å². The molecule has 0 aliphatic rings. The zero-order valence-corrected chi connectivity index (χ0v) is 15.6. The monoisotopic (exact) mass is 396 g/mol. The predicted octanol–water partition coefficient (Wildman–Crippen LogP) is 3.22. The molecule has 138 valence electrons. The molecule has 0 bridgehead atoms. The fraction of sp³-hybridized carbons (Fsp3) is 0.167. The minimum absolute atomic E-state index is 0.00865. The van der Waals surface area contributed by atoms with E-state index in [1.165, 1.54) is 54.4 Å². The van der Waals surface area contributed by atoms with Gasteiger partial charge in [0, 0.05) is 36.3 Å². The summed E-state index contributed by atoms with van der Waals surface area (Å²) in [5.41, 5.74) is 0.500. The number of hydrogen-bond donors (Lipinski definition) is 1. The molecule has 0 aliphatic heterocycles. The van der Waals surface area contributed by atoms with Crippen LogP contribution < -0.4 is 4.72 Å². The molecule has 0 aliphatic carbocycles. The lowest BCUT2D eigenvalue weighted by molar-refractivity contribution is 0.0784. The Kier molecular flexibility index (Phi) is 6.52. The summed E-state index contributed by atoms with van der Waals surface area (Å²) in [5.74, 6) is -0.876. The smallest absolute Gasteiger partial charge is 0.253 e. The lowest BCUT2D eigenvalue weighted by Gasteiger charge is -2.18. The maximum atomic E-state index is 13.9. The fourth-order valence-electron chi connectivity index (χ4n) is 2.24. The Morgan fingerprint density at radius 1 is 1.27 bits per heavy atom. The van der Waals surface area contributed by atoms with Crippen LogP contribution in [0.15, 0.2) is 60.0 Å². The Bertz CT molecular complexity index is 894. The lowest BCUT2D eigenvalue weighted by atomic mass is 10.1. The van der Waals surface area contributed by atoms with E-state index < -0.39 is 15.8 Å². The molecule has 5 nitrogen and oxygen atoms in total. The zero-order chi connectivity index (χ0) is 19.3. The van der Waals surface area contributed by atoms with Crippen molar-refractivity contribution in [2.24, 2.45) is 0 Å². The van der Waals surface area contributed by atoms with Gasteiger partial charge in [0.1, 0.15) is 5.82 Å². The quantitative estimate of drug-likeness (QED) is 0.731. The summed E-state index contributed by atoms with van der Waals surface area (Å²) in [7, 11) is -2.14. The van der Waals surface area contributed by atoms with E-state index >= 15 is 0 Å². The third-order valence-electron chi connectivity index (χ3n) is 3.63. The third kappa shape index (κ3) is 4.69. The van der Waals surface area contributed by atoms with Gasteiger partial charge in [-0.1, -0.05) is 23.7 Å². The molecule has 0 fully saturated rings. The maximum Gasteiger partial charge on any atom is 0.253 e. The predicted molar refractivity (Wildman–Crippen MR) is 99.0 cm³/mol. The molecule has 26 heavy (non-hydrogen) atoms. The standard InChI is InChI=1S/C18H18ClFN2O3S/c1-3-11-21-26(24,25)14-9-7-13(8-10-14)18(23)22(2)12-15-16(19)5-4-6-17(15)20/h3-10,21H,1,11-12H2,2H3. The van der Waals surface area contributed by atoms with Crippen LogP contribution in [0, 0.1) is 5.82 Å². The molecule has 0 saturated heterocycles. The Morgan fingerprint density at radius 2 is 1.92 bits per heavy atom. The van der Waals surface area contributed by atoms with Crippen LogP contribution >= 0.6 is 11.6 Å². The van der Waals surface area contributed by atoms with E-state index in [-0.39, 0.29) is 40.0 Å². The van der Waals surface area contributed by atoms with E-state index in [9.17, 15) is 17.6 Å². The van der Waals surface area contributed by atoms with Crippen LogP contribution in [-0.4, -0.2) is 32.8 Å². The summed E-state index contributed by atoms with van der Waals surface area (Å²) in [5, 5.41) is 0.236. The SMILES string of the molecule is C=CCNS(=O)(=O)c1ccc(C(=O)N(C)Cc2c(F)cccc2Cl)cc1. The Hall–Kier alpha value is -2.22. The molecule has 0 radical (unpaired) electrons. The summed E-state index contributed by atoms with van der Waals surface area (Å²) in [6, 6.07) is 9.80. The van der Waals surface area contributed by atoms with Crippen molar-refractivity contribution >= 4 is 27.5 Å². The number of amides is 1. The van der Waals surface area contributed by atoms with Crippen LogP contribution in [0.2, 0.25) is 5.02 Å². The van der Waals surface area contributed by atoms with Crippen molar-refractivity contribution < 1.29 is 17.6 Å². The first-order valence-electron chi connectivity index (χ1n) is 7.65. The minimum Gasteiger partial charge on any atom is -0.337 e. The highest BCUT2D eigenvalue weighted by molar-refractivity contribution is 7.89. The van der Waals surface area contributed by atoms with E-state index in [4.69, 9.17) is 11.6 Å². The van der Waals surface area contributed by atoms with Gasteiger partial charge in [-0.25, -0.2) is 17.5 Å². The van der Waals surface area contributed by atoms with Crippen LogP contribution in [0.5, 0.6) is 0 Å². The number of carbonyl (C=O) groups is 1.